The normalized spacial score (nSPS) is 16.2. The lowest BCUT2D eigenvalue weighted by molar-refractivity contribution is 0.0600. The Morgan fingerprint density at radius 3 is 2.72 bits per heavy atom. The molecule has 18 heavy (non-hydrogen) atoms. The van der Waals surface area contributed by atoms with Crippen LogP contribution in [0.3, 0.4) is 0 Å². The molecule has 0 amide bonds. The first-order valence-electron chi connectivity index (χ1n) is 6.44. The van der Waals surface area contributed by atoms with Crippen molar-refractivity contribution in [1.82, 2.24) is 9.88 Å². The Morgan fingerprint density at radius 1 is 1.44 bits per heavy atom. The minimum atomic E-state index is -0.335. The summed E-state index contributed by atoms with van der Waals surface area (Å²) in [6, 6.07) is 4.36. The fourth-order valence-electron chi connectivity index (χ4n) is 2.49. The van der Waals surface area contributed by atoms with E-state index >= 15 is 0 Å². The molecular formula is C14H20N2O2. The number of hydrogen-bond donors (Lipinski definition) is 0. The summed E-state index contributed by atoms with van der Waals surface area (Å²) in [5, 5.41) is 0. The quantitative estimate of drug-likeness (QED) is 0.766. The Kier molecular flexibility index (Phi) is 4.31. The second kappa shape index (κ2) is 5.96. The highest BCUT2D eigenvalue weighted by atomic mass is 16.5. The van der Waals surface area contributed by atoms with Gasteiger partial charge in [0.05, 0.1) is 18.4 Å². The number of carbonyl (C=O) groups excluding carboxylic acids is 1. The Morgan fingerprint density at radius 2 is 2.17 bits per heavy atom. The van der Waals surface area contributed by atoms with Gasteiger partial charge in [-0.3, -0.25) is 9.88 Å². The fourth-order valence-corrected chi connectivity index (χ4v) is 2.49. The van der Waals surface area contributed by atoms with Gasteiger partial charge in [-0.1, -0.05) is 12.8 Å². The number of aromatic nitrogens is 1. The van der Waals surface area contributed by atoms with Crippen molar-refractivity contribution in [3.8, 4) is 0 Å². The van der Waals surface area contributed by atoms with E-state index in [1.54, 1.807) is 12.3 Å². The molecular weight excluding hydrogens is 228 g/mol. The van der Waals surface area contributed by atoms with E-state index in [-0.39, 0.29) is 5.97 Å². The summed E-state index contributed by atoms with van der Waals surface area (Å²) in [7, 11) is 3.52. The van der Waals surface area contributed by atoms with Crippen molar-refractivity contribution in [2.75, 3.05) is 14.2 Å². The van der Waals surface area contributed by atoms with E-state index in [1.165, 1.54) is 32.8 Å². The molecule has 0 aliphatic heterocycles. The molecule has 0 spiro atoms. The van der Waals surface area contributed by atoms with E-state index < -0.39 is 0 Å². The molecule has 0 radical (unpaired) electrons. The average molecular weight is 248 g/mol. The van der Waals surface area contributed by atoms with Crippen LogP contribution in [0, 0.1) is 0 Å². The van der Waals surface area contributed by atoms with Crippen LogP contribution in [-0.2, 0) is 11.3 Å². The summed E-state index contributed by atoms with van der Waals surface area (Å²) in [6.45, 7) is 0.839. The van der Waals surface area contributed by atoms with Crippen molar-refractivity contribution < 1.29 is 9.53 Å². The van der Waals surface area contributed by atoms with Gasteiger partial charge in [-0.2, -0.15) is 0 Å². The van der Waals surface area contributed by atoms with Gasteiger partial charge in [-0.05, 0) is 32.0 Å². The predicted molar refractivity (Wildman–Crippen MR) is 69.3 cm³/mol. The number of methoxy groups -OCH3 is 1. The number of rotatable bonds is 4. The van der Waals surface area contributed by atoms with Gasteiger partial charge < -0.3 is 4.74 Å². The standard InChI is InChI=1S/C14H20N2O2/c1-16(13-5-3-4-6-13)10-12-8-7-11(9-15-12)14(17)18-2/h7-9,13H,3-6,10H2,1-2H3. The molecule has 2 rings (SSSR count). The van der Waals surface area contributed by atoms with Crippen LogP contribution in [0.4, 0.5) is 0 Å². The molecule has 4 heteroatoms. The van der Waals surface area contributed by atoms with Crippen LogP contribution < -0.4 is 0 Å². The van der Waals surface area contributed by atoms with Crippen LogP contribution >= 0.6 is 0 Å². The summed E-state index contributed by atoms with van der Waals surface area (Å²) in [6.07, 6.45) is 6.84. The van der Waals surface area contributed by atoms with Crippen LogP contribution in [0.15, 0.2) is 18.3 Å². The second-order valence-corrected chi connectivity index (χ2v) is 4.88. The van der Waals surface area contributed by atoms with E-state index in [4.69, 9.17) is 0 Å². The summed E-state index contributed by atoms with van der Waals surface area (Å²) in [4.78, 5) is 18.0. The maximum atomic E-state index is 11.3. The third-order valence-corrected chi connectivity index (χ3v) is 3.61. The van der Waals surface area contributed by atoms with Gasteiger partial charge in [-0.25, -0.2) is 4.79 Å². The summed E-state index contributed by atoms with van der Waals surface area (Å²) in [5.74, 6) is -0.335. The molecule has 1 aromatic rings. The minimum Gasteiger partial charge on any atom is -0.465 e. The number of pyridine rings is 1. The van der Waals surface area contributed by atoms with E-state index in [1.807, 2.05) is 6.07 Å². The van der Waals surface area contributed by atoms with Gasteiger partial charge in [0.25, 0.3) is 0 Å². The van der Waals surface area contributed by atoms with Crippen molar-refractivity contribution in [2.45, 2.75) is 38.3 Å². The highest BCUT2D eigenvalue weighted by Gasteiger charge is 2.19. The Bertz CT molecular complexity index is 397. The van der Waals surface area contributed by atoms with Crippen molar-refractivity contribution in [3.63, 3.8) is 0 Å². The monoisotopic (exact) mass is 248 g/mol. The molecule has 0 N–H and O–H groups in total. The van der Waals surface area contributed by atoms with Gasteiger partial charge >= 0.3 is 5.97 Å². The van der Waals surface area contributed by atoms with Crippen molar-refractivity contribution in [1.29, 1.82) is 0 Å². The largest absolute Gasteiger partial charge is 0.465 e. The van der Waals surface area contributed by atoms with Crippen LogP contribution in [0.5, 0.6) is 0 Å². The maximum absolute atomic E-state index is 11.3. The van der Waals surface area contributed by atoms with Crippen LogP contribution in [0.1, 0.15) is 41.7 Å². The van der Waals surface area contributed by atoms with Crippen LogP contribution in [0.25, 0.3) is 0 Å². The molecule has 0 atom stereocenters. The molecule has 1 heterocycles. The Hall–Kier alpha value is -1.42. The van der Waals surface area contributed by atoms with Gasteiger partial charge in [-0.15, -0.1) is 0 Å². The van der Waals surface area contributed by atoms with Crippen LogP contribution in [0.2, 0.25) is 0 Å². The first kappa shape index (κ1) is 13.0. The zero-order chi connectivity index (χ0) is 13.0. The predicted octanol–water partition coefficient (Wildman–Crippen LogP) is 2.24. The number of ether oxygens (including phenoxy) is 1. The first-order valence-corrected chi connectivity index (χ1v) is 6.44. The second-order valence-electron chi connectivity index (χ2n) is 4.88. The minimum absolute atomic E-state index is 0.335. The van der Waals surface area contributed by atoms with E-state index in [0.29, 0.717) is 11.6 Å². The molecule has 4 nitrogen and oxygen atoms in total. The first-order chi connectivity index (χ1) is 8.70. The summed E-state index contributed by atoms with van der Waals surface area (Å²) >= 11 is 0. The molecule has 0 bridgehead atoms. The zero-order valence-electron chi connectivity index (χ0n) is 11.1. The highest BCUT2D eigenvalue weighted by Crippen LogP contribution is 2.23. The number of hydrogen-bond acceptors (Lipinski definition) is 4. The van der Waals surface area contributed by atoms with Crippen molar-refractivity contribution in [3.05, 3.63) is 29.6 Å². The maximum Gasteiger partial charge on any atom is 0.339 e. The number of carbonyl (C=O) groups is 1. The smallest absolute Gasteiger partial charge is 0.339 e. The average Bonchev–Trinajstić information content (AvgIpc) is 2.92. The number of esters is 1. The molecule has 0 saturated heterocycles. The molecule has 98 valence electrons. The third-order valence-electron chi connectivity index (χ3n) is 3.61. The molecule has 1 aromatic heterocycles. The molecule has 0 aromatic carbocycles. The van der Waals surface area contributed by atoms with Gasteiger partial charge in [0.15, 0.2) is 0 Å². The third kappa shape index (κ3) is 3.07. The van der Waals surface area contributed by atoms with Crippen LogP contribution in [-0.4, -0.2) is 36.1 Å². The lowest BCUT2D eigenvalue weighted by Crippen LogP contribution is -2.28. The Balaban J connectivity index is 1.95. The molecule has 1 aliphatic carbocycles. The molecule has 1 aliphatic rings. The molecule has 1 fully saturated rings. The zero-order valence-corrected chi connectivity index (χ0v) is 11.1. The van der Waals surface area contributed by atoms with E-state index in [0.717, 1.165) is 12.2 Å². The Labute approximate surface area is 108 Å². The van der Waals surface area contributed by atoms with Gasteiger partial charge in [0.1, 0.15) is 0 Å². The van der Waals surface area contributed by atoms with E-state index in [2.05, 4.69) is 21.7 Å². The lowest BCUT2D eigenvalue weighted by atomic mass is 10.2. The topological polar surface area (TPSA) is 42.4 Å². The van der Waals surface area contributed by atoms with Gasteiger partial charge in [0.2, 0.25) is 0 Å². The SMILES string of the molecule is COC(=O)c1ccc(CN(C)C2CCCC2)nc1. The molecule has 0 unspecified atom stereocenters. The van der Waals surface area contributed by atoms with E-state index in [9.17, 15) is 4.79 Å². The fraction of sp³-hybridized carbons (Fsp3) is 0.571. The summed E-state index contributed by atoms with van der Waals surface area (Å²) in [5.41, 5.74) is 1.50. The highest BCUT2D eigenvalue weighted by molar-refractivity contribution is 5.88. The van der Waals surface area contributed by atoms with Crippen molar-refractivity contribution in [2.24, 2.45) is 0 Å². The van der Waals surface area contributed by atoms with Crippen molar-refractivity contribution >= 4 is 5.97 Å². The number of nitrogens with zero attached hydrogens (tertiary/aromatic N) is 2. The molecule has 1 saturated carbocycles. The van der Waals surface area contributed by atoms with Gasteiger partial charge in [0, 0.05) is 18.8 Å². The summed E-state index contributed by atoms with van der Waals surface area (Å²) < 4.78 is 4.65. The lowest BCUT2D eigenvalue weighted by Gasteiger charge is -2.23.